The molecule has 0 atom stereocenters. The number of aromatic amines is 1. The minimum absolute atomic E-state index is 0.0167. The second-order valence-electron chi connectivity index (χ2n) is 2.83. The topological polar surface area (TPSA) is 53.1 Å². The lowest BCUT2D eigenvalue weighted by atomic mass is 10.2. The number of pyridine rings is 1. The molecule has 0 spiro atoms. The van der Waals surface area contributed by atoms with Gasteiger partial charge >= 0.3 is 0 Å². The van der Waals surface area contributed by atoms with Crippen molar-refractivity contribution in [1.29, 1.82) is 0 Å². The van der Waals surface area contributed by atoms with Gasteiger partial charge in [-0.15, -0.1) is 0 Å². The van der Waals surface area contributed by atoms with Crippen LogP contribution in [0.15, 0.2) is 31.9 Å². The maximum atomic E-state index is 11.1. The maximum Gasteiger partial charge on any atom is 0.252 e. The zero-order valence-corrected chi connectivity index (χ0v) is 10.0. The molecular weight excluding hydrogens is 314 g/mol. The first-order valence-electron chi connectivity index (χ1n) is 3.79. The molecule has 14 heavy (non-hydrogen) atoms. The van der Waals surface area contributed by atoms with Gasteiger partial charge in [-0.1, -0.05) is 0 Å². The van der Waals surface area contributed by atoms with E-state index in [1.165, 1.54) is 0 Å². The highest BCUT2D eigenvalue weighted by Crippen LogP contribution is 2.30. The Kier molecular flexibility index (Phi) is 2.36. The van der Waals surface area contributed by atoms with Crippen molar-refractivity contribution >= 4 is 42.8 Å². The SMILES string of the molecule is O=c1cc(O)c2cc(Br)c(Br)cc2[nH]1. The Morgan fingerprint density at radius 1 is 1.14 bits per heavy atom. The Labute approximate surface area is 96.0 Å². The first kappa shape index (κ1) is 9.73. The number of halogens is 2. The average Bonchev–Trinajstić information content (AvgIpc) is 2.08. The lowest BCUT2D eigenvalue weighted by molar-refractivity contribution is 0.480. The molecule has 0 radical (unpaired) electrons. The maximum absolute atomic E-state index is 11.1. The number of hydrogen-bond acceptors (Lipinski definition) is 2. The lowest BCUT2D eigenvalue weighted by Crippen LogP contribution is -2.02. The summed E-state index contributed by atoms with van der Waals surface area (Å²) in [5.41, 5.74) is 0.286. The molecule has 3 nitrogen and oxygen atoms in total. The molecule has 2 rings (SSSR count). The van der Waals surface area contributed by atoms with E-state index in [1.54, 1.807) is 12.1 Å². The third-order valence-electron chi connectivity index (χ3n) is 1.86. The fraction of sp³-hybridized carbons (Fsp3) is 0. The molecule has 0 aliphatic rings. The van der Waals surface area contributed by atoms with E-state index in [0.29, 0.717) is 10.9 Å². The van der Waals surface area contributed by atoms with Crippen LogP contribution in [0.25, 0.3) is 10.9 Å². The van der Waals surface area contributed by atoms with Gasteiger partial charge in [-0.25, -0.2) is 0 Å². The smallest absolute Gasteiger partial charge is 0.252 e. The summed E-state index contributed by atoms with van der Waals surface area (Å²) in [5, 5.41) is 10.1. The van der Waals surface area contributed by atoms with Crippen LogP contribution in [-0.2, 0) is 0 Å². The lowest BCUT2D eigenvalue weighted by Gasteiger charge is -2.02. The number of fused-ring (bicyclic) bond motifs is 1. The summed E-state index contributed by atoms with van der Waals surface area (Å²) >= 11 is 6.63. The molecule has 1 heterocycles. The van der Waals surface area contributed by atoms with Crippen molar-refractivity contribution in [2.24, 2.45) is 0 Å². The monoisotopic (exact) mass is 317 g/mol. The average molecular weight is 319 g/mol. The molecule has 5 heteroatoms. The molecule has 2 aromatic rings. The van der Waals surface area contributed by atoms with E-state index in [2.05, 4.69) is 36.8 Å². The third kappa shape index (κ3) is 1.57. The first-order chi connectivity index (χ1) is 6.58. The van der Waals surface area contributed by atoms with Crippen molar-refractivity contribution in [3.63, 3.8) is 0 Å². The normalized spacial score (nSPS) is 10.7. The minimum atomic E-state index is -0.316. The van der Waals surface area contributed by atoms with Gasteiger partial charge in [-0.05, 0) is 44.0 Å². The molecule has 0 fully saturated rings. The molecule has 1 aromatic heterocycles. The van der Waals surface area contributed by atoms with Crippen LogP contribution in [0.4, 0.5) is 0 Å². The summed E-state index contributed by atoms with van der Waals surface area (Å²) in [4.78, 5) is 13.7. The van der Waals surface area contributed by atoms with Crippen molar-refractivity contribution < 1.29 is 5.11 Å². The number of benzene rings is 1. The van der Waals surface area contributed by atoms with Crippen LogP contribution < -0.4 is 5.56 Å². The predicted molar refractivity (Wildman–Crippen MR) is 61.6 cm³/mol. The van der Waals surface area contributed by atoms with Crippen molar-refractivity contribution in [1.82, 2.24) is 4.98 Å². The summed E-state index contributed by atoms with van der Waals surface area (Å²) in [6.07, 6.45) is 0. The Morgan fingerprint density at radius 3 is 2.50 bits per heavy atom. The van der Waals surface area contributed by atoms with Crippen LogP contribution in [0.1, 0.15) is 0 Å². The zero-order chi connectivity index (χ0) is 10.3. The Balaban J connectivity index is 2.96. The molecule has 72 valence electrons. The number of hydrogen-bond donors (Lipinski definition) is 2. The van der Waals surface area contributed by atoms with Crippen LogP contribution in [0.5, 0.6) is 5.75 Å². The van der Waals surface area contributed by atoms with Crippen LogP contribution >= 0.6 is 31.9 Å². The van der Waals surface area contributed by atoms with E-state index in [1.807, 2.05) is 0 Å². The van der Waals surface area contributed by atoms with Gasteiger partial charge in [-0.3, -0.25) is 4.79 Å². The van der Waals surface area contributed by atoms with Gasteiger partial charge in [-0.2, -0.15) is 0 Å². The van der Waals surface area contributed by atoms with E-state index in [-0.39, 0.29) is 11.3 Å². The molecule has 0 bridgehead atoms. The van der Waals surface area contributed by atoms with Crippen molar-refractivity contribution in [3.8, 4) is 5.75 Å². The second kappa shape index (κ2) is 3.40. The van der Waals surface area contributed by atoms with Gasteiger partial charge in [0.25, 0.3) is 5.56 Å². The third-order valence-corrected chi connectivity index (χ3v) is 3.71. The van der Waals surface area contributed by atoms with Crippen molar-refractivity contribution in [2.45, 2.75) is 0 Å². The predicted octanol–water partition coefficient (Wildman–Crippen LogP) is 2.76. The fourth-order valence-corrected chi connectivity index (χ4v) is 1.92. The van der Waals surface area contributed by atoms with E-state index in [4.69, 9.17) is 0 Å². The van der Waals surface area contributed by atoms with Gasteiger partial charge in [0.15, 0.2) is 0 Å². The highest BCUT2D eigenvalue weighted by Gasteiger charge is 2.05. The zero-order valence-electron chi connectivity index (χ0n) is 6.84. The molecule has 0 aliphatic carbocycles. The van der Waals surface area contributed by atoms with E-state index in [9.17, 15) is 9.90 Å². The highest BCUT2D eigenvalue weighted by atomic mass is 79.9. The van der Waals surface area contributed by atoms with Crippen molar-refractivity contribution in [2.75, 3.05) is 0 Å². The van der Waals surface area contributed by atoms with Crippen molar-refractivity contribution in [3.05, 3.63) is 37.5 Å². The summed E-state index contributed by atoms with van der Waals surface area (Å²) in [5.74, 6) is -0.0167. The fourth-order valence-electron chi connectivity index (χ4n) is 1.23. The minimum Gasteiger partial charge on any atom is -0.507 e. The number of aromatic hydroxyl groups is 1. The van der Waals surface area contributed by atoms with Gasteiger partial charge in [0.1, 0.15) is 5.75 Å². The van der Waals surface area contributed by atoms with Crippen LogP contribution in [-0.4, -0.2) is 10.1 Å². The van der Waals surface area contributed by atoms with Crippen LogP contribution in [0.3, 0.4) is 0 Å². The largest absolute Gasteiger partial charge is 0.507 e. The molecular formula is C9H5Br2NO2. The number of H-pyrrole nitrogens is 1. The molecule has 0 unspecified atom stereocenters. The number of rotatable bonds is 0. The summed E-state index contributed by atoms with van der Waals surface area (Å²) in [6.45, 7) is 0. The Morgan fingerprint density at radius 2 is 1.79 bits per heavy atom. The highest BCUT2D eigenvalue weighted by molar-refractivity contribution is 9.13. The quantitative estimate of drug-likeness (QED) is 0.784. The molecule has 2 N–H and O–H groups in total. The van der Waals surface area contributed by atoms with E-state index < -0.39 is 0 Å². The molecule has 0 saturated heterocycles. The van der Waals surface area contributed by atoms with Crippen LogP contribution in [0, 0.1) is 0 Å². The van der Waals surface area contributed by atoms with Gasteiger partial charge in [0.05, 0.1) is 5.52 Å². The second-order valence-corrected chi connectivity index (χ2v) is 4.54. The summed E-state index contributed by atoms with van der Waals surface area (Å²) in [6, 6.07) is 4.63. The van der Waals surface area contributed by atoms with Crippen LogP contribution in [0.2, 0.25) is 0 Å². The molecule has 0 amide bonds. The standard InChI is InChI=1S/C9H5Br2NO2/c10-5-1-4-7(2-6(5)11)12-9(14)3-8(4)13/h1-3H,(H2,12,13,14). The van der Waals surface area contributed by atoms with Gasteiger partial charge in [0.2, 0.25) is 0 Å². The number of aromatic nitrogens is 1. The van der Waals surface area contributed by atoms with E-state index in [0.717, 1.165) is 15.0 Å². The summed E-state index contributed by atoms with van der Waals surface area (Å²) in [7, 11) is 0. The Hall–Kier alpha value is -0.810. The van der Waals surface area contributed by atoms with Gasteiger partial charge < -0.3 is 10.1 Å². The molecule has 0 aliphatic heterocycles. The number of nitrogens with one attached hydrogen (secondary N) is 1. The molecule has 0 saturated carbocycles. The Bertz CT molecular complexity index is 562. The molecule has 1 aromatic carbocycles. The summed E-state index contributed by atoms with van der Waals surface area (Å²) < 4.78 is 1.65. The first-order valence-corrected chi connectivity index (χ1v) is 5.37. The van der Waals surface area contributed by atoms with E-state index >= 15 is 0 Å². The van der Waals surface area contributed by atoms with Gasteiger partial charge in [0, 0.05) is 20.4 Å².